The smallest absolute Gasteiger partial charge is 0.407 e. The van der Waals surface area contributed by atoms with Crippen LogP contribution in [0, 0.1) is 11.3 Å². The Balaban J connectivity index is 1.45. The minimum absolute atomic E-state index is 0.285. The van der Waals surface area contributed by atoms with Gasteiger partial charge < -0.3 is 19.7 Å². The van der Waals surface area contributed by atoms with Gasteiger partial charge in [-0.3, -0.25) is 0 Å². The molecule has 1 amide bonds. The van der Waals surface area contributed by atoms with Crippen molar-refractivity contribution in [3.8, 4) is 0 Å². The molecule has 0 aromatic heterocycles. The number of nitrogens with zero attached hydrogens (tertiary/aromatic N) is 3. The number of carboxylic acid groups (broad SMARTS) is 1. The largest absolute Gasteiger partial charge is 0.465 e. The number of oxime groups is 1. The highest BCUT2D eigenvalue weighted by atomic mass is 16.6. The molecular weight excluding hydrogens is 282 g/mol. The van der Waals surface area contributed by atoms with Gasteiger partial charge in [0, 0.05) is 25.0 Å². The van der Waals surface area contributed by atoms with Gasteiger partial charge in [0.2, 0.25) is 0 Å². The van der Waals surface area contributed by atoms with Gasteiger partial charge in [-0.1, -0.05) is 5.16 Å². The van der Waals surface area contributed by atoms with Gasteiger partial charge in [-0.25, -0.2) is 4.79 Å². The fourth-order valence-electron chi connectivity index (χ4n) is 4.53. The maximum Gasteiger partial charge on any atom is 0.407 e. The van der Waals surface area contributed by atoms with Gasteiger partial charge in [0.25, 0.3) is 0 Å². The number of likely N-dealkylation sites (tertiary alicyclic amines) is 2. The molecule has 3 rings (SSSR count). The molecule has 1 saturated carbocycles. The second-order valence-corrected chi connectivity index (χ2v) is 7.24. The highest BCUT2D eigenvalue weighted by Gasteiger charge is 2.51. The van der Waals surface area contributed by atoms with Gasteiger partial charge in [0.05, 0.1) is 5.71 Å². The number of hydrogen-bond acceptors (Lipinski definition) is 4. The SMILES string of the molecule is CO/N=C(\C)C1CCN(C2CC3(CCN(C(=O)O)C3)C2)CC1. The Morgan fingerprint density at radius 1 is 1.27 bits per heavy atom. The first kappa shape index (κ1) is 15.6. The van der Waals surface area contributed by atoms with E-state index in [0.29, 0.717) is 12.0 Å². The number of piperidine rings is 1. The third-order valence-corrected chi connectivity index (χ3v) is 5.92. The molecule has 0 bridgehead atoms. The molecule has 2 saturated heterocycles. The Morgan fingerprint density at radius 3 is 2.50 bits per heavy atom. The number of carbonyl (C=O) groups is 1. The first-order valence-corrected chi connectivity index (χ1v) is 8.32. The molecule has 1 aliphatic carbocycles. The van der Waals surface area contributed by atoms with Crippen LogP contribution in [0.5, 0.6) is 0 Å². The predicted octanol–water partition coefficient (Wildman–Crippen LogP) is 2.25. The van der Waals surface area contributed by atoms with Crippen LogP contribution in [0.3, 0.4) is 0 Å². The summed E-state index contributed by atoms with van der Waals surface area (Å²) in [6.07, 6.45) is 4.95. The molecule has 1 spiro atoms. The maximum atomic E-state index is 11.1. The van der Waals surface area contributed by atoms with E-state index < -0.39 is 6.09 Å². The molecule has 3 aliphatic rings. The van der Waals surface area contributed by atoms with Crippen molar-refractivity contribution < 1.29 is 14.7 Å². The topological polar surface area (TPSA) is 65.4 Å². The summed E-state index contributed by atoms with van der Waals surface area (Å²) in [5.74, 6) is 0.555. The summed E-state index contributed by atoms with van der Waals surface area (Å²) < 4.78 is 0. The van der Waals surface area contributed by atoms with E-state index in [1.54, 1.807) is 12.0 Å². The van der Waals surface area contributed by atoms with Gasteiger partial charge in [-0.15, -0.1) is 0 Å². The normalized spacial score (nSPS) is 34.0. The Bertz CT molecular complexity index is 452. The van der Waals surface area contributed by atoms with Crippen LogP contribution in [0.15, 0.2) is 5.16 Å². The number of hydrogen-bond donors (Lipinski definition) is 1. The second-order valence-electron chi connectivity index (χ2n) is 7.24. The maximum absolute atomic E-state index is 11.1. The van der Waals surface area contributed by atoms with E-state index in [0.717, 1.165) is 51.2 Å². The van der Waals surface area contributed by atoms with E-state index in [1.165, 1.54) is 12.8 Å². The molecule has 2 aliphatic heterocycles. The minimum Gasteiger partial charge on any atom is -0.465 e. The van der Waals surface area contributed by atoms with Gasteiger partial charge in [0.1, 0.15) is 7.11 Å². The molecule has 1 N–H and O–H groups in total. The van der Waals surface area contributed by atoms with Crippen molar-refractivity contribution in [3.05, 3.63) is 0 Å². The van der Waals surface area contributed by atoms with E-state index >= 15 is 0 Å². The van der Waals surface area contributed by atoms with Crippen molar-refractivity contribution in [1.29, 1.82) is 0 Å². The van der Waals surface area contributed by atoms with Crippen LogP contribution in [-0.2, 0) is 4.84 Å². The van der Waals surface area contributed by atoms with E-state index in [4.69, 9.17) is 9.94 Å². The lowest BCUT2D eigenvalue weighted by molar-refractivity contribution is -0.00474. The molecule has 6 nitrogen and oxygen atoms in total. The summed E-state index contributed by atoms with van der Waals surface area (Å²) >= 11 is 0. The van der Waals surface area contributed by atoms with Crippen molar-refractivity contribution >= 4 is 11.8 Å². The molecule has 0 atom stereocenters. The van der Waals surface area contributed by atoms with Crippen LogP contribution in [0.4, 0.5) is 4.79 Å². The monoisotopic (exact) mass is 309 g/mol. The van der Waals surface area contributed by atoms with Gasteiger partial charge in [0.15, 0.2) is 0 Å². The summed E-state index contributed by atoms with van der Waals surface area (Å²) in [6, 6.07) is 0.661. The fraction of sp³-hybridized carbons (Fsp3) is 0.875. The lowest BCUT2D eigenvalue weighted by Gasteiger charge is -2.51. The van der Waals surface area contributed by atoms with Crippen LogP contribution in [0.2, 0.25) is 0 Å². The highest BCUT2D eigenvalue weighted by molar-refractivity contribution is 5.83. The van der Waals surface area contributed by atoms with E-state index in [1.807, 2.05) is 0 Å². The van der Waals surface area contributed by atoms with Crippen LogP contribution in [0.25, 0.3) is 0 Å². The van der Waals surface area contributed by atoms with Crippen LogP contribution in [-0.4, -0.2) is 66.0 Å². The van der Waals surface area contributed by atoms with E-state index in [2.05, 4.69) is 17.0 Å². The zero-order valence-electron chi connectivity index (χ0n) is 13.6. The average Bonchev–Trinajstić information content (AvgIpc) is 2.92. The molecular formula is C16H27N3O3. The van der Waals surface area contributed by atoms with Crippen molar-refractivity contribution in [3.63, 3.8) is 0 Å². The molecule has 0 aromatic rings. The third kappa shape index (κ3) is 2.93. The van der Waals surface area contributed by atoms with Gasteiger partial charge >= 0.3 is 6.09 Å². The molecule has 22 heavy (non-hydrogen) atoms. The average molecular weight is 309 g/mol. The minimum atomic E-state index is -0.756. The Hall–Kier alpha value is -1.30. The summed E-state index contributed by atoms with van der Waals surface area (Å²) in [5, 5.41) is 13.2. The number of rotatable bonds is 3. The predicted molar refractivity (Wildman–Crippen MR) is 84.1 cm³/mol. The van der Waals surface area contributed by atoms with Crippen LogP contribution >= 0.6 is 0 Å². The van der Waals surface area contributed by atoms with Crippen molar-refractivity contribution in [2.24, 2.45) is 16.5 Å². The lowest BCUT2D eigenvalue weighted by atomic mass is 9.64. The highest BCUT2D eigenvalue weighted by Crippen LogP contribution is 2.50. The molecule has 0 radical (unpaired) electrons. The zero-order chi connectivity index (χ0) is 15.7. The fourth-order valence-corrected chi connectivity index (χ4v) is 4.53. The zero-order valence-corrected chi connectivity index (χ0v) is 13.6. The Kier molecular flexibility index (Phi) is 4.30. The van der Waals surface area contributed by atoms with E-state index in [-0.39, 0.29) is 5.41 Å². The van der Waals surface area contributed by atoms with Crippen LogP contribution < -0.4 is 0 Å². The molecule has 124 valence electrons. The van der Waals surface area contributed by atoms with Gasteiger partial charge in [-0.05, 0) is 57.5 Å². The molecule has 2 heterocycles. The first-order valence-electron chi connectivity index (χ1n) is 8.32. The molecule has 0 unspecified atom stereocenters. The molecule has 3 fully saturated rings. The Morgan fingerprint density at radius 2 is 1.95 bits per heavy atom. The summed E-state index contributed by atoms with van der Waals surface area (Å²) in [4.78, 5) is 20.1. The molecule has 0 aromatic carbocycles. The third-order valence-electron chi connectivity index (χ3n) is 5.92. The lowest BCUT2D eigenvalue weighted by Crippen LogP contribution is -2.54. The first-order chi connectivity index (χ1) is 10.5. The summed E-state index contributed by atoms with van der Waals surface area (Å²) in [5.41, 5.74) is 1.40. The van der Waals surface area contributed by atoms with E-state index in [9.17, 15) is 4.79 Å². The summed E-state index contributed by atoms with van der Waals surface area (Å²) in [7, 11) is 1.61. The second kappa shape index (κ2) is 6.07. The number of amides is 1. The molecule has 6 heteroatoms. The van der Waals surface area contributed by atoms with Crippen molar-refractivity contribution in [1.82, 2.24) is 9.80 Å². The Labute approximate surface area is 132 Å². The summed E-state index contributed by atoms with van der Waals surface area (Å²) in [6.45, 7) is 5.78. The quantitative estimate of drug-likeness (QED) is 0.641. The van der Waals surface area contributed by atoms with Crippen molar-refractivity contribution in [2.45, 2.75) is 45.1 Å². The van der Waals surface area contributed by atoms with Crippen molar-refractivity contribution in [2.75, 3.05) is 33.3 Å². The van der Waals surface area contributed by atoms with Gasteiger partial charge in [-0.2, -0.15) is 0 Å². The van der Waals surface area contributed by atoms with Crippen LogP contribution in [0.1, 0.15) is 39.0 Å². The standard InChI is InChI=1S/C16H27N3O3/c1-12(17-22-2)13-3-6-18(7-4-13)14-9-16(10-14)5-8-19(11-16)15(20)21/h13-14H,3-11H2,1-2H3,(H,20,21)/b17-12+.